The molecule has 6 heteroatoms. The van der Waals surface area contributed by atoms with Crippen molar-refractivity contribution in [2.24, 2.45) is 0 Å². The maximum absolute atomic E-state index is 4.89. The molecule has 0 saturated carbocycles. The van der Waals surface area contributed by atoms with Crippen LogP contribution in [0.5, 0.6) is 0 Å². The number of aromatic nitrogens is 3. The van der Waals surface area contributed by atoms with E-state index in [4.69, 9.17) is 9.97 Å². The van der Waals surface area contributed by atoms with E-state index in [9.17, 15) is 0 Å². The number of imidazole rings is 1. The first-order chi connectivity index (χ1) is 14.0. The zero-order valence-corrected chi connectivity index (χ0v) is 18.0. The minimum absolute atomic E-state index is 0.578. The molecule has 0 aliphatic carbocycles. The predicted octanol–water partition coefficient (Wildman–Crippen LogP) is 5.51. The Balaban J connectivity index is 1.70. The van der Waals surface area contributed by atoms with Crippen molar-refractivity contribution in [2.75, 3.05) is 12.4 Å². The molecule has 0 bridgehead atoms. The van der Waals surface area contributed by atoms with Crippen LogP contribution in [0.2, 0.25) is 0 Å². The quantitative estimate of drug-likeness (QED) is 0.541. The van der Waals surface area contributed by atoms with Gasteiger partial charge in [0.15, 0.2) is 0 Å². The molecule has 1 aromatic carbocycles. The summed E-state index contributed by atoms with van der Waals surface area (Å²) in [5, 5.41) is 3.42. The molecule has 1 aliphatic rings. The first-order valence-corrected chi connectivity index (χ1v) is 10.1. The highest BCUT2D eigenvalue weighted by molar-refractivity contribution is 9.10. The zero-order chi connectivity index (χ0) is 20.4. The lowest BCUT2D eigenvalue weighted by atomic mass is 10.1. The number of rotatable bonds is 5. The molecule has 1 aliphatic heterocycles. The first-order valence-electron chi connectivity index (χ1n) is 9.34. The fraction of sp³-hybridized carbons (Fsp3) is 0.130. The van der Waals surface area contributed by atoms with Crippen molar-refractivity contribution in [3.8, 4) is 11.4 Å². The number of likely N-dealkylation sites (N-methyl/N-ethyl adjacent to an activating group) is 1. The lowest BCUT2D eigenvalue weighted by Crippen LogP contribution is -2.11. The van der Waals surface area contributed by atoms with Gasteiger partial charge in [0.05, 0.1) is 23.6 Å². The summed E-state index contributed by atoms with van der Waals surface area (Å²) in [4.78, 5) is 15.1. The Labute approximate surface area is 179 Å². The number of hydrogen-bond acceptors (Lipinski definition) is 4. The van der Waals surface area contributed by atoms with Gasteiger partial charge in [-0.1, -0.05) is 34.6 Å². The van der Waals surface area contributed by atoms with Gasteiger partial charge >= 0.3 is 0 Å². The molecule has 5 nitrogen and oxygen atoms in total. The van der Waals surface area contributed by atoms with Gasteiger partial charge in [-0.15, -0.1) is 0 Å². The molecule has 0 spiro atoms. The Hall–Kier alpha value is -3.12. The molecule has 4 rings (SSSR count). The third kappa shape index (κ3) is 4.32. The molecular weight excluding hydrogens is 426 g/mol. The fourth-order valence-electron chi connectivity index (χ4n) is 3.14. The second-order valence-corrected chi connectivity index (χ2v) is 7.87. The Kier molecular flexibility index (Phi) is 5.36. The third-order valence-corrected chi connectivity index (χ3v) is 5.19. The monoisotopic (exact) mass is 447 g/mol. The number of nitrogens with one attached hydrogen (secondary N) is 2. The molecule has 29 heavy (non-hydrogen) atoms. The predicted molar refractivity (Wildman–Crippen MR) is 122 cm³/mol. The van der Waals surface area contributed by atoms with Crippen molar-refractivity contribution >= 4 is 27.2 Å². The largest absolute Gasteiger partial charge is 0.378 e. The number of benzene rings is 1. The number of nitrogens with zero attached hydrogens (tertiary/aromatic N) is 3. The van der Waals surface area contributed by atoms with E-state index in [2.05, 4.69) is 32.8 Å². The highest BCUT2D eigenvalue weighted by Crippen LogP contribution is 2.30. The number of H-pyrrole nitrogens is 1. The molecule has 2 N–H and O–H groups in total. The molecule has 0 amide bonds. The van der Waals surface area contributed by atoms with Crippen LogP contribution in [0.3, 0.4) is 0 Å². The van der Waals surface area contributed by atoms with Gasteiger partial charge in [-0.05, 0) is 49.4 Å². The van der Waals surface area contributed by atoms with E-state index in [1.54, 1.807) is 0 Å². The summed E-state index contributed by atoms with van der Waals surface area (Å²) in [7, 11) is 1.98. The number of hydrogen-bond donors (Lipinski definition) is 2. The van der Waals surface area contributed by atoms with Crippen LogP contribution >= 0.6 is 15.9 Å². The number of allylic oxidation sites excluding steroid dienone is 3. The molecular formula is C23H22BrN5. The summed E-state index contributed by atoms with van der Waals surface area (Å²) >= 11 is 3.51. The third-order valence-electron chi connectivity index (χ3n) is 4.70. The second kappa shape index (κ2) is 8.09. The van der Waals surface area contributed by atoms with Gasteiger partial charge in [-0.3, -0.25) is 4.98 Å². The SMILES string of the molecule is C=C1C=CC(c2nc(CNc3cccc(Br)c3)[nH]c2-c2cccc(C)n2)=CN1C. The van der Waals surface area contributed by atoms with E-state index < -0.39 is 0 Å². The lowest BCUT2D eigenvalue weighted by Gasteiger charge is -2.19. The highest BCUT2D eigenvalue weighted by atomic mass is 79.9. The van der Waals surface area contributed by atoms with Gasteiger partial charge in [0, 0.05) is 40.4 Å². The molecule has 3 heterocycles. The van der Waals surface area contributed by atoms with Gasteiger partial charge in [0.1, 0.15) is 5.82 Å². The molecule has 3 aromatic rings. The van der Waals surface area contributed by atoms with E-state index in [1.807, 2.05) is 79.7 Å². The van der Waals surface area contributed by atoms with Crippen LogP contribution in [0.1, 0.15) is 17.2 Å². The molecule has 0 fully saturated rings. The van der Waals surface area contributed by atoms with Crippen molar-refractivity contribution < 1.29 is 0 Å². The Morgan fingerprint density at radius 3 is 2.72 bits per heavy atom. The topological polar surface area (TPSA) is 56.8 Å². The van der Waals surface area contributed by atoms with Crippen molar-refractivity contribution in [3.63, 3.8) is 0 Å². The standard InChI is InChI=1S/C23H22BrN5/c1-15-6-4-9-20(26-15)23-22(17-11-10-16(2)29(3)14-17)27-21(28-23)13-25-19-8-5-7-18(24)12-19/h4-12,14,25H,2,13H2,1,3H3,(H,27,28). The van der Waals surface area contributed by atoms with Crippen molar-refractivity contribution in [2.45, 2.75) is 13.5 Å². The Morgan fingerprint density at radius 1 is 1.14 bits per heavy atom. The van der Waals surface area contributed by atoms with Crippen molar-refractivity contribution in [1.29, 1.82) is 0 Å². The number of aryl methyl sites for hydroxylation is 1. The summed E-state index contributed by atoms with van der Waals surface area (Å²) in [6.07, 6.45) is 6.09. The van der Waals surface area contributed by atoms with E-state index >= 15 is 0 Å². The van der Waals surface area contributed by atoms with Crippen LogP contribution in [0.15, 0.2) is 77.6 Å². The molecule has 0 atom stereocenters. The van der Waals surface area contributed by atoms with Crippen LogP contribution in [0.4, 0.5) is 5.69 Å². The molecule has 0 saturated heterocycles. The molecule has 0 radical (unpaired) electrons. The average Bonchev–Trinajstić information content (AvgIpc) is 3.13. The summed E-state index contributed by atoms with van der Waals surface area (Å²) in [6.45, 7) is 6.60. The number of aromatic amines is 1. The second-order valence-electron chi connectivity index (χ2n) is 6.96. The first kappa shape index (κ1) is 19.2. The fourth-order valence-corrected chi connectivity index (χ4v) is 3.54. The summed E-state index contributed by atoms with van der Waals surface area (Å²) < 4.78 is 1.04. The van der Waals surface area contributed by atoms with E-state index in [1.165, 1.54) is 0 Å². The number of halogens is 1. The van der Waals surface area contributed by atoms with Crippen molar-refractivity contribution in [3.05, 3.63) is 94.8 Å². The van der Waals surface area contributed by atoms with Crippen LogP contribution in [0, 0.1) is 6.92 Å². The van der Waals surface area contributed by atoms with Crippen LogP contribution in [-0.2, 0) is 6.54 Å². The Bertz CT molecular complexity index is 1130. The average molecular weight is 448 g/mol. The zero-order valence-electron chi connectivity index (χ0n) is 16.4. The van der Waals surface area contributed by atoms with Gasteiger partial charge < -0.3 is 15.2 Å². The summed E-state index contributed by atoms with van der Waals surface area (Å²) in [5.41, 5.74) is 6.62. The summed E-state index contributed by atoms with van der Waals surface area (Å²) in [6, 6.07) is 14.1. The van der Waals surface area contributed by atoms with Gasteiger partial charge in [0.25, 0.3) is 0 Å². The normalized spacial score (nSPS) is 13.6. The van der Waals surface area contributed by atoms with E-state index in [0.29, 0.717) is 6.54 Å². The van der Waals surface area contributed by atoms with Gasteiger partial charge in [-0.25, -0.2) is 4.98 Å². The van der Waals surface area contributed by atoms with E-state index in [0.717, 1.165) is 50.0 Å². The van der Waals surface area contributed by atoms with E-state index in [-0.39, 0.29) is 0 Å². The summed E-state index contributed by atoms with van der Waals surface area (Å²) in [5.74, 6) is 0.847. The number of anilines is 1. The van der Waals surface area contributed by atoms with Crippen LogP contribution in [-0.4, -0.2) is 26.9 Å². The maximum atomic E-state index is 4.89. The molecule has 0 unspecified atom stereocenters. The lowest BCUT2D eigenvalue weighted by molar-refractivity contribution is 0.589. The van der Waals surface area contributed by atoms with Gasteiger partial charge in [0.2, 0.25) is 0 Å². The smallest absolute Gasteiger partial charge is 0.126 e. The molecule has 2 aromatic heterocycles. The van der Waals surface area contributed by atoms with Crippen molar-refractivity contribution in [1.82, 2.24) is 19.9 Å². The van der Waals surface area contributed by atoms with Crippen LogP contribution < -0.4 is 5.32 Å². The Morgan fingerprint density at radius 2 is 1.97 bits per heavy atom. The van der Waals surface area contributed by atoms with Gasteiger partial charge in [-0.2, -0.15) is 0 Å². The minimum Gasteiger partial charge on any atom is -0.378 e. The minimum atomic E-state index is 0.578. The molecule has 146 valence electrons. The number of pyridine rings is 1. The van der Waals surface area contributed by atoms with Crippen LogP contribution in [0.25, 0.3) is 17.0 Å². The maximum Gasteiger partial charge on any atom is 0.126 e. The highest BCUT2D eigenvalue weighted by Gasteiger charge is 2.18.